The van der Waals surface area contributed by atoms with E-state index in [9.17, 15) is 24.6 Å². The maximum Gasteiger partial charge on any atom is 0.328 e. The second kappa shape index (κ2) is 5.18. The molecule has 0 spiro atoms. The third-order valence-electron chi connectivity index (χ3n) is 4.64. The van der Waals surface area contributed by atoms with Gasteiger partial charge < -0.3 is 20.4 Å². The molecule has 8 nitrogen and oxygen atoms in total. The van der Waals surface area contributed by atoms with Crippen molar-refractivity contribution >= 4 is 17.9 Å². The molecule has 0 aromatic rings. The lowest BCUT2D eigenvalue weighted by Crippen LogP contribution is -2.64. The first-order chi connectivity index (χ1) is 9.97. The van der Waals surface area contributed by atoms with E-state index in [1.807, 2.05) is 0 Å². The average molecular weight is 297 g/mol. The molecular weight excluding hydrogens is 278 g/mol. The highest BCUT2D eigenvalue weighted by atomic mass is 16.4. The van der Waals surface area contributed by atoms with Gasteiger partial charge in [0.1, 0.15) is 12.6 Å². The first kappa shape index (κ1) is 14.1. The number of hydrogen-bond acceptors (Lipinski definition) is 4. The van der Waals surface area contributed by atoms with Gasteiger partial charge in [-0.25, -0.2) is 9.59 Å². The van der Waals surface area contributed by atoms with Crippen LogP contribution in [0.5, 0.6) is 0 Å². The summed E-state index contributed by atoms with van der Waals surface area (Å²) in [6.45, 7) is -0.292. The van der Waals surface area contributed by atoms with Gasteiger partial charge in [0.05, 0.1) is 6.10 Å². The predicted molar refractivity (Wildman–Crippen MR) is 70.4 cm³/mol. The van der Waals surface area contributed by atoms with Crippen LogP contribution in [0.3, 0.4) is 0 Å². The number of aliphatic hydroxyl groups excluding tert-OH is 1. The van der Waals surface area contributed by atoms with E-state index in [2.05, 4.69) is 5.32 Å². The Labute approximate surface area is 121 Å². The van der Waals surface area contributed by atoms with Crippen LogP contribution < -0.4 is 5.32 Å². The number of aliphatic carboxylic acids is 1. The summed E-state index contributed by atoms with van der Waals surface area (Å²) < 4.78 is 0. The molecule has 116 valence electrons. The van der Waals surface area contributed by atoms with Gasteiger partial charge in [-0.1, -0.05) is 0 Å². The van der Waals surface area contributed by atoms with Crippen molar-refractivity contribution in [1.82, 2.24) is 15.1 Å². The Morgan fingerprint density at radius 1 is 1.19 bits per heavy atom. The summed E-state index contributed by atoms with van der Waals surface area (Å²) in [5.74, 6) is -1.46. The van der Waals surface area contributed by atoms with E-state index in [1.165, 1.54) is 0 Å². The molecule has 3 unspecified atom stereocenters. The Morgan fingerprint density at radius 3 is 2.38 bits per heavy atom. The number of piperidine rings is 1. The molecule has 3 N–H and O–H groups in total. The zero-order valence-corrected chi connectivity index (χ0v) is 11.6. The number of amides is 3. The number of piperazine rings is 1. The first-order valence-corrected chi connectivity index (χ1v) is 7.24. The zero-order chi connectivity index (χ0) is 15.1. The topological polar surface area (TPSA) is 110 Å². The number of carbonyl (C=O) groups is 3. The minimum absolute atomic E-state index is 0.0503. The van der Waals surface area contributed by atoms with Crippen molar-refractivity contribution in [1.29, 1.82) is 0 Å². The van der Waals surface area contributed by atoms with E-state index in [-0.39, 0.29) is 31.1 Å². The molecule has 3 saturated heterocycles. The van der Waals surface area contributed by atoms with Crippen molar-refractivity contribution in [2.45, 2.75) is 49.9 Å². The number of carboxylic acid groups (broad SMARTS) is 1. The van der Waals surface area contributed by atoms with Gasteiger partial charge in [-0.3, -0.25) is 9.69 Å². The lowest BCUT2D eigenvalue weighted by molar-refractivity contribution is -0.144. The highest BCUT2D eigenvalue weighted by molar-refractivity contribution is 5.91. The molecule has 8 heteroatoms. The van der Waals surface area contributed by atoms with Crippen molar-refractivity contribution in [3.63, 3.8) is 0 Å². The van der Waals surface area contributed by atoms with Gasteiger partial charge in [-0.05, 0) is 25.7 Å². The lowest BCUT2D eigenvalue weighted by atomic mass is 10.00. The second-order valence-corrected chi connectivity index (χ2v) is 5.99. The van der Waals surface area contributed by atoms with Crippen LogP contribution in [0.4, 0.5) is 4.79 Å². The number of carbonyl (C=O) groups excluding carboxylic acids is 2. The SMILES string of the molecule is O=C1CN(C(=O)N2C3CCC2CC(O)C3)C(C(=O)O)CN1. The van der Waals surface area contributed by atoms with Crippen LogP contribution >= 0.6 is 0 Å². The molecule has 3 fully saturated rings. The molecule has 0 aromatic heterocycles. The molecule has 2 bridgehead atoms. The van der Waals surface area contributed by atoms with Crippen LogP contribution in [0, 0.1) is 0 Å². The van der Waals surface area contributed by atoms with Gasteiger partial charge in [0.2, 0.25) is 5.91 Å². The Kier molecular flexibility index (Phi) is 3.48. The van der Waals surface area contributed by atoms with Crippen LogP contribution in [0.25, 0.3) is 0 Å². The third kappa shape index (κ3) is 2.44. The van der Waals surface area contributed by atoms with Crippen LogP contribution in [0.2, 0.25) is 0 Å². The van der Waals surface area contributed by atoms with Crippen molar-refractivity contribution < 1.29 is 24.6 Å². The molecule has 3 atom stereocenters. The Balaban J connectivity index is 1.80. The number of nitrogens with zero attached hydrogens (tertiary/aromatic N) is 2. The van der Waals surface area contributed by atoms with E-state index in [1.54, 1.807) is 4.90 Å². The summed E-state index contributed by atoms with van der Waals surface area (Å²) in [6, 6.07) is -1.52. The van der Waals surface area contributed by atoms with Gasteiger partial charge in [0.25, 0.3) is 0 Å². The van der Waals surface area contributed by atoms with Gasteiger partial charge >= 0.3 is 12.0 Å². The number of nitrogens with one attached hydrogen (secondary N) is 1. The summed E-state index contributed by atoms with van der Waals surface area (Å²) in [5.41, 5.74) is 0. The number of fused-ring (bicyclic) bond motifs is 2. The fraction of sp³-hybridized carbons (Fsp3) is 0.769. The minimum Gasteiger partial charge on any atom is -0.480 e. The maximum absolute atomic E-state index is 12.7. The summed E-state index contributed by atoms with van der Waals surface area (Å²) in [4.78, 5) is 38.3. The molecular formula is C13H19N3O5. The molecule has 0 saturated carbocycles. The monoisotopic (exact) mass is 297 g/mol. The molecule has 3 aliphatic rings. The minimum atomic E-state index is -1.12. The summed E-state index contributed by atoms with van der Waals surface area (Å²) in [7, 11) is 0. The zero-order valence-electron chi connectivity index (χ0n) is 11.6. The molecule has 3 rings (SSSR count). The average Bonchev–Trinajstić information content (AvgIpc) is 2.69. The third-order valence-corrected chi connectivity index (χ3v) is 4.64. The predicted octanol–water partition coefficient (Wildman–Crippen LogP) is -1.02. The first-order valence-electron chi connectivity index (χ1n) is 7.24. The lowest BCUT2D eigenvalue weighted by Gasteiger charge is -2.42. The molecule has 0 aliphatic carbocycles. The van der Waals surface area contributed by atoms with Crippen LogP contribution in [0.15, 0.2) is 0 Å². The molecule has 0 aromatic carbocycles. The smallest absolute Gasteiger partial charge is 0.328 e. The quantitative estimate of drug-likeness (QED) is 0.574. The Bertz CT molecular complexity index is 468. The van der Waals surface area contributed by atoms with Crippen molar-refractivity contribution in [3.8, 4) is 0 Å². The molecule has 3 aliphatic heterocycles. The van der Waals surface area contributed by atoms with E-state index in [0.717, 1.165) is 17.7 Å². The van der Waals surface area contributed by atoms with Crippen LogP contribution in [-0.2, 0) is 9.59 Å². The van der Waals surface area contributed by atoms with E-state index in [4.69, 9.17) is 0 Å². The van der Waals surface area contributed by atoms with E-state index in [0.29, 0.717) is 12.8 Å². The summed E-state index contributed by atoms with van der Waals surface area (Å²) in [5, 5.41) is 21.5. The van der Waals surface area contributed by atoms with Gasteiger partial charge in [-0.2, -0.15) is 0 Å². The molecule has 3 heterocycles. The maximum atomic E-state index is 12.7. The molecule has 3 amide bonds. The van der Waals surface area contributed by atoms with Gasteiger partial charge in [0, 0.05) is 18.6 Å². The number of hydrogen-bond donors (Lipinski definition) is 3. The van der Waals surface area contributed by atoms with Crippen LogP contribution in [-0.4, -0.2) is 75.2 Å². The van der Waals surface area contributed by atoms with Crippen molar-refractivity contribution in [2.75, 3.05) is 13.1 Å². The largest absolute Gasteiger partial charge is 0.480 e. The van der Waals surface area contributed by atoms with Gasteiger partial charge in [0.15, 0.2) is 0 Å². The summed E-state index contributed by atoms with van der Waals surface area (Å²) in [6.07, 6.45) is 2.31. The number of carboxylic acids is 1. The van der Waals surface area contributed by atoms with Gasteiger partial charge in [-0.15, -0.1) is 0 Å². The number of urea groups is 1. The highest BCUT2D eigenvalue weighted by Crippen LogP contribution is 2.36. The highest BCUT2D eigenvalue weighted by Gasteiger charge is 2.47. The second-order valence-electron chi connectivity index (χ2n) is 5.99. The fourth-order valence-electron chi connectivity index (χ4n) is 3.67. The Hall–Kier alpha value is -1.83. The van der Waals surface area contributed by atoms with Crippen molar-refractivity contribution in [2.24, 2.45) is 0 Å². The summed E-state index contributed by atoms with van der Waals surface area (Å²) >= 11 is 0. The standard InChI is InChI=1S/C13H19N3O5/c17-9-3-7-1-2-8(4-9)16(7)13(21)15-6-11(18)14-5-10(15)12(19)20/h7-10,17H,1-6H2,(H,14,18)(H,19,20). The Morgan fingerprint density at radius 2 is 1.81 bits per heavy atom. The van der Waals surface area contributed by atoms with E-state index >= 15 is 0 Å². The normalized spacial score (nSPS) is 35.6. The molecule has 0 radical (unpaired) electrons. The number of rotatable bonds is 1. The fourth-order valence-corrected chi connectivity index (χ4v) is 3.67. The van der Waals surface area contributed by atoms with E-state index < -0.39 is 24.1 Å². The molecule has 21 heavy (non-hydrogen) atoms. The van der Waals surface area contributed by atoms with Crippen LogP contribution in [0.1, 0.15) is 25.7 Å². The number of aliphatic hydroxyl groups is 1. The van der Waals surface area contributed by atoms with Crippen molar-refractivity contribution in [3.05, 3.63) is 0 Å².